The van der Waals surface area contributed by atoms with Gasteiger partial charge in [0.05, 0.1) is 17.3 Å². The van der Waals surface area contributed by atoms with Crippen molar-refractivity contribution in [2.45, 2.75) is 20.0 Å². The summed E-state index contributed by atoms with van der Waals surface area (Å²) in [5.74, 6) is 0.585. The first-order chi connectivity index (χ1) is 9.61. The van der Waals surface area contributed by atoms with Crippen molar-refractivity contribution in [3.63, 3.8) is 0 Å². The Bertz CT molecular complexity index is 602. The number of phenolic OH excluding ortho intramolecular Hbond substituents is 1. The van der Waals surface area contributed by atoms with Crippen LogP contribution in [0.5, 0.6) is 11.5 Å². The summed E-state index contributed by atoms with van der Waals surface area (Å²) in [7, 11) is 1.54. The van der Waals surface area contributed by atoms with Crippen LogP contribution in [0, 0.1) is 6.92 Å². The summed E-state index contributed by atoms with van der Waals surface area (Å²) in [4.78, 5) is 4.34. The first-order valence-electron chi connectivity index (χ1n) is 6.28. The van der Waals surface area contributed by atoms with E-state index in [0.717, 1.165) is 11.3 Å². The molecule has 0 saturated heterocycles. The molecule has 5 heteroatoms. The van der Waals surface area contributed by atoms with E-state index in [1.807, 2.05) is 31.2 Å². The molecule has 0 radical (unpaired) electrons. The number of nitrogens with one attached hydrogen (secondary N) is 1. The molecule has 1 aromatic heterocycles. The number of halogens is 1. The zero-order valence-electron chi connectivity index (χ0n) is 11.5. The van der Waals surface area contributed by atoms with Crippen molar-refractivity contribution in [1.82, 2.24) is 10.3 Å². The summed E-state index contributed by atoms with van der Waals surface area (Å²) < 4.78 is 5.76. The number of methoxy groups -OCH3 is 1. The fraction of sp³-hybridized carbons (Fsp3) is 0.267. The van der Waals surface area contributed by atoms with Gasteiger partial charge in [-0.2, -0.15) is 0 Å². The minimum atomic E-state index is 0.122. The number of hydrogen-bond donors (Lipinski definition) is 2. The third kappa shape index (κ3) is 3.49. The molecule has 2 aromatic rings. The molecule has 0 aliphatic carbocycles. The molecule has 0 bridgehead atoms. The first-order valence-corrected chi connectivity index (χ1v) is 7.07. The van der Waals surface area contributed by atoms with Gasteiger partial charge in [0.25, 0.3) is 0 Å². The van der Waals surface area contributed by atoms with E-state index >= 15 is 0 Å². The van der Waals surface area contributed by atoms with Crippen LogP contribution < -0.4 is 10.1 Å². The Morgan fingerprint density at radius 3 is 2.85 bits per heavy atom. The van der Waals surface area contributed by atoms with Gasteiger partial charge in [0.15, 0.2) is 11.5 Å². The minimum Gasteiger partial charge on any atom is -0.503 e. The number of benzene rings is 1. The maximum Gasteiger partial charge on any atom is 0.172 e. The number of rotatable bonds is 5. The second kappa shape index (κ2) is 6.72. The molecule has 20 heavy (non-hydrogen) atoms. The van der Waals surface area contributed by atoms with Crippen molar-refractivity contribution in [3.05, 3.63) is 51.8 Å². The molecule has 0 atom stereocenters. The number of aromatic nitrogens is 1. The highest BCUT2D eigenvalue weighted by Crippen LogP contribution is 2.35. The molecular formula is C15H17BrN2O2. The smallest absolute Gasteiger partial charge is 0.172 e. The Morgan fingerprint density at radius 1 is 1.35 bits per heavy atom. The SMILES string of the molecule is COc1cc(CNCc2ncccc2C)cc(Br)c1O. The van der Waals surface area contributed by atoms with Crippen molar-refractivity contribution in [2.24, 2.45) is 0 Å². The van der Waals surface area contributed by atoms with Gasteiger partial charge >= 0.3 is 0 Å². The third-order valence-corrected chi connectivity index (χ3v) is 3.65. The Kier molecular flexibility index (Phi) is 4.98. The molecule has 0 unspecified atom stereocenters. The molecule has 4 nitrogen and oxygen atoms in total. The Labute approximate surface area is 126 Å². The second-order valence-electron chi connectivity index (χ2n) is 4.50. The maximum absolute atomic E-state index is 9.76. The van der Waals surface area contributed by atoms with Crippen LogP contribution in [0.3, 0.4) is 0 Å². The van der Waals surface area contributed by atoms with Gasteiger partial charge in [-0.3, -0.25) is 4.98 Å². The Hall–Kier alpha value is -1.59. The standard InChI is InChI=1S/C15H17BrN2O2/c1-10-4-3-5-18-13(10)9-17-8-11-6-12(16)15(19)14(7-11)20-2/h3-7,17,19H,8-9H2,1-2H3. The van der Waals surface area contributed by atoms with E-state index in [0.29, 0.717) is 23.3 Å². The first kappa shape index (κ1) is 14.8. The molecule has 106 valence electrons. The van der Waals surface area contributed by atoms with E-state index in [1.165, 1.54) is 12.7 Å². The number of nitrogens with zero attached hydrogens (tertiary/aromatic N) is 1. The van der Waals surface area contributed by atoms with Gasteiger partial charge in [-0.15, -0.1) is 0 Å². The molecule has 1 aromatic carbocycles. The summed E-state index contributed by atoms with van der Waals surface area (Å²) in [5, 5.41) is 13.1. The van der Waals surface area contributed by atoms with Crippen molar-refractivity contribution in [2.75, 3.05) is 7.11 Å². The van der Waals surface area contributed by atoms with Crippen LogP contribution in [0.15, 0.2) is 34.9 Å². The zero-order chi connectivity index (χ0) is 14.5. The molecule has 0 saturated carbocycles. The number of phenols is 1. The molecule has 0 amide bonds. The van der Waals surface area contributed by atoms with E-state index in [2.05, 4.69) is 26.2 Å². The van der Waals surface area contributed by atoms with Gasteiger partial charge in [-0.05, 0) is 52.2 Å². The topological polar surface area (TPSA) is 54.4 Å². The van der Waals surface area contributed by atoms with E-state index in [4.69, 9.17) is 4.74 Å². The molecule has 1 heterocycles. The summed E-state index contributed by atoms with van der Waals surface area (Å²) in [6.07, 6.45) is 1.80. The van der Waals surface area contributed by atoms with Crippen LogP contribution in [-0.2, 0) is 13.1 Å². The van der Waals surface area contributed by atoms with Gasteiger partial charge < -0.3 is 15.2 Å². The lowest BCUT2D eigenvalue weighted by Crippen LogP contribution is -2.14. The normalized spacial score (nSPS) is 10.6. The predicted molar refractivity (Wildman–Crippen MR) is 81.9 cm³/mol. The van der Waals surface area contributed by atoms with Crippen LogP contribution in [0.2, 0.25) is 0 Å². The summed E-state index contributed by atoms with van der Waals surface area (Å²) in [5.41, 5.74) is 3.24. The lowest BCUT2D eigenvalue weighted by molar-refractivity contribution is 0.371. The Morgan fingerprint density at radius 2 is 2.15 bits per heavy atom. The number of ether oxygens (including phenoxy) is 1. The van der Waals surface area contributed by atoms with Crippen LogP contribution >= 0.6 is 15.9 Å². The molecule has 0 aliphatic rings. The second-order valence-corrected chi connectivity index (χ2v) is 5.35. The highest BCUT2D eigenvalue weighted by Gasteiger charge is 2.08. The van der Waals surface area contributed by atoms with E-state index < -0.39 is 0 Å². The van der Waals surface area contributed by atoms with Crippen molar-refractivity contribution in [3.8, 4) is 11.5 Å². The third-order valence-electron chi connectivity index (χ3n) is 3.05. The van der Waals surface area contributed by atoms with E-state index in [9.17, 15) is 5.11 Å². The van der Waals surface area contributed by atoms with Crippen LogP contribution in [0.4, 0.5) is 0 Å². The molecule has 0 fully saturated rings. The van der Waals surface area contributed by atoms with Crippen molar-refractivity contribution in [1.29, 1.82) is 0 Å². The number of hydrogen-bond acceptors (Lipinski definition) is 4. The Balaban J connectivity index is 2.01. The molecular weight excluding hydrogens is 320 g/mol. The largest absolute Gasteiger partial charge is 0.503 e. The van der Waals surface area contributed by atoms with E-state index in [-0.39, 0.29) is 5.75 Å². The zero-order valence-corrected chi connectivity index (χ0v) is 13.1. The lowest BCUT2D eigenvalue weighted by atomic mass is 10.2. The van der Waals surface area contributed by atoms with Crippen molar-refractivity contribution >= 4 is 15.9 Å². The average molecular weight is 337 g/mol. The van der Waals surface area contributed by atoms with Crippen molar-refractivity contribution < 1.29 is 9.84 Å². The highest BCUT2D eigenvalue weighted by molar-refractivity contribution is 9.10. The average Bonchev–Trinajstić information content (AvgIpc) is 2.44. The molecule has 0 aliphatic heterocycles. The predicted octanol–water partition coefficient (Wildman–Crippen LogP) is 3.16. The minimum absolute atomic E-state index is 0.122. The quantitative estimate of drug-likeness (QED) is 0.880. The highest BCUT2D eigenvalue weighted by atomic mass is 79.9. The number of aryl methyl sites for hydroxylation is 1. The fourth-order valence-electron chi connectivity index (χ4n) is 1.91. The molecule has 0 spiro atoms. The maximum atomic E-state index is 9.76. The van der Waals surface area contributed by atoms with Gasteiger partial charge in [0, 0.05) is 19.3 Å². The summed E-state index contributed by atoms with van der Waals surface area (Å²) >= 11 is 3.32. The van der Waals surface area contributed by atoms with Crippen LogP contribution in [0.25, 0.3) is 0 Å². The van der Waals surface area contributed by atoms with Gasteiger partial charge in [0.2, 0.25) is 0 Å². The lowest BCUT2D eigenvalue weighted by Gasteiger charge is -2.10. The fourth-order valence-corrected chi connectivity index (χ4v) is 2.40. The van der Waals surface area contributed by atoms with Crippen LogP contribution in [0.1, 0.15) is 16.8 Å². The van der Waals surface area contributed by atoms with E-state index in [1.54, 1.807) is 6.20 Å². The number of pyridine rings is 1. The number of aromatic hydroxyl groups is 1. The van der Waals surface area contributed by atoms with Crippen LogP contribution in [-0.4, -0.2) is 17.2 Å². The van der Waals surface area contributed by atoms with Gasteiger partial charge in [0.1, 0.15) is 0 Å². The summed E-state index contributed by atoms with van der Waals surface area (Å²) in [6, 6.07) is 7.67. The van der Waals surface area contributed by atoms with Gasteiger partial charge in [-0.1, -0.05) is 6.07 Å². The summed E-state index contributed by atoms with van der Waals surface area (Å²) in [6.45, 7) is 3.42. The molecule has 2 rings (SSSR count). The monoisotopic (exact) mass is 336 g/mol. The van der Waals surface area contributed by atoms with Gasteiger partial charge in [-0.25, -0.2) is 0 Å². The molecule has 2 N–H and O–H groups in total.